The summed E-state index contributed by atoms with van der Waals surface area (Å²) in [5, 5.41) is 0.538. The third kappa shape index (κ3) is 3.50. The quantitative estimate of drug-likeness (QED) is 0.690. The Morgan fingerprint density at radius 2 is 1.73 bits per heavy atom. The molecule has 0 bridgehead atoms. The molecule has 134 valence electrons. The Hall–Kier alpha value is -2.24. The van der Waals surface area contributed by atoms with Crippen LogP contribution >= 0.6 is 23.4 Å². The van der Waals surface area contributed by atoms with Crippen LogP contribution in [0.3, 0.4) is 0 Å². The number of hydrogen-bond acceptors (Lipinski definition) is 4. The van der Waals surface area contributed by atoms with Gasteiger partial charge >= 0.3 is 0 Å². The summed E-state index contributed by atoms with van der Waals surface area (Å²) in [5.41, 5.74) is 1.89. The van der Waals surface area contributed by atoms with E-state index in [1.807, 2.05) is 25.1 Å². The Kier molecular flexibility index (Phi) is 5.69. The van der Waals surface area contributed by atoms with E-state index in [0.717, 1.165) is 5.56 Å². The van der Waals surface area contributed by atoms with E-state index in [0.29, 0.717) is 32.6 Å². The Bertz CT molecular complexity index is 877. The van der Waals surface area contributed by atoms with Crippen molar-refractivity contribution in [1.29, 1.82) is 0 Å². The highest BCUT2D eigenvalue weighted by atomic mass is 35.5. The summed E-state index contributed by atoms with van der Waals surface area (Å²) in [5.74, 6) is 0.834. The number of benzene rings is 2. The summed E-state index contributed by atoms with van der Waals surface area (Å²) < 4.78 is 5.17. The number of halogens is 1. The number of carbonyl (C=O) groups excluding carboxylic acids is 2. The van der Waals surface area contributed by atoms with Gasteiger partial charge in [-0.3, -0.25) is 14.5 Å². The molecular weight excluding hydrogens is 370 g/mol. The van der Waals surface area contributed by atoms with E-state index in [-0.39, 0.29) is 18.4 Å². The van der Waals surface area contributed by atoms with Gasteiger partial charge in [-0.05, 0) is 35.1 Å². The van der Waals surface area contributed by atoms with Gasteiger partial charge in [0.25, 0.3) is 11.8 Å². The first kappa shape index (κ1) is 18.5. The second-order valence-electron chi connectivity index (χ2n) is 5.65. The Morgan fingerprint density at radius 3 is 2.35 bits per heavy atom. The number of rotatable bonds is 6. The number of thioether (sulfide) groups is 1. The minimum Gasteiger partial charge on any atom is -0.497 e. The smallest absolute Gasteiger partial charge is 0.268 e. The number of imide groups is 1. The largest absolute Gasteiger partial charge is 0.497 e. The van der Waals surface area contributed by atoms with E-state index in [1.165, 1.54) is 16.7 Å². The molecule has 1 heterocycles. The standard InChI is InChI=1S/C20H18ClNO3S/c1-3-26-18-17(13-8-10-15(25-2)11-9-13)19(23)22(20(18)24)12-14-6-4-5-7-16(14)21/h4-11H,3,12H2,1-2H3. The van der Waals surface area contributed by atoms with Crippen molar-refractivity contribution < 1.29 is 14.3 Å². The third-order valence-electron chi connectivity index (χ3n) is 4.08. The van der Waals surface area contributed by atoms with Crippen molar-refractivity contribution in [2.24, 2.45) is 0 Å². The van der Waals surface area contributed by atoms with E-state index in [2.05, 4.69) is 0 Å². The van der Waals surface area contributed by atoms with Crippen LogP contribution in [0.25, 0.3) is 5.57 Å². The minimum absolute atomic E-state index is 0.158. The van der Waals surface area contributed by atoms with E-state index >= 15 is 0 Å². The average molecular weight is 388 g/mol. The molecular formula is C20H18ClNO3S. The molecule has 26 heavy (non-hydrogen) atoms. The van der Waals surface area contributed by atoms with Crippen LogP contribution in [0.4, 0.5) is 0 Å². The number of nitrogens with zero attached hydrogens (tertiary/aromatic N) is 1. The number of carbonyl (C=O) groups is 2. The maximum atomic E-state index is 13.0. The zero-order chi connectivity index (χ0) is 18.7. The molecule has 0 saturated carbocycles. The van der Waals surface area contributed by atoms with Crippen molar-refractivity contribution in [2.75, 3.05) is 12.9 Å². The Balaban J connectivity index is 1.97. The Morgan fingerprint density at radius 1 is 1.04 bits per heavy atom. The molecule has 0 aromatic heterocycles. The van der Waals surface area contributed by atoms with E-state index in [9.17, 15) is 9.59 Å². The van der Waals surface area contributed by atoms with Crippen molar-refractivity contribution in [3.8, 4) is 5.75 Å². The lowest BCUT2D eigenvalue weighted by atomic mass is 10.1. The average Bonchev–Trinajstić information content (AvgIpc) is 2.88. The predicted molar refractivity (Wildman–Crippen MR) is 105 cm³/mol. The first-order chi connectivity index (χ1) is 12.6. The van der Waals surface area contributed by atoms with Gasteiger partial charge in [0.2, 0.25) is 0 Å². The third-order valence-corrected chi connectivity index (χ3v) is 5.40. The molecule has 0 aliphatic carbocycles. The topological polar surface area (TPSA) is 46.6 Å². The highest BCUT2D eigenvalue weighted by Gasteiger charge is 2.39. The van der Waals surface area contributed by atoms with Gasteiger partial charge in [-0.2, -0.15) is 0 Å². The Labute approximate surface area is 161 Å². The number of amides is 2. The van der Waals surface area contributed by atoms with Crippen LogP contribution in [-0.4, -0.2) is 29.6 Å². The van der Waals surface area contributed by atoms with Gasteiger partial charge in [-0.1, -0.05) is 48.9 Å². The molecule has 1 aliphatic heterocycles. The molecule has 0 N–H and O–H groups in total. The fourth-order valence-corrected chi connectivity index (χ4v) is 3.85. The SMILES string of the molecule is CCSC1=C(c2ccc(OC)cc2)C(=O)N(Cc2ccccc2Cl)C1=O. The minimum atomic E-state index is -0.295. The number of methoxy groups -OCH3 is 1. The zero-order valence-corrected chi connectivity index (χ0v) is 16.1. The maximum absolute atomic E-state index is 13.0. The number of hydrogen-bond donors (Lipinski definition) is 0. The van der Waals surface area contributed by atoms with E-state index in [1.54, 1.807) is 37.4 Å². The van der Waals surface area contributed by atoms with Gasteiger partial charge in [0.1, 0.15) is 5.75 Å². The molecule has 0 fully saturated rings. The summed E-state index contributed by atoms with van der Waals surface area (Å²) in [6.07, 6.45) is 0. The lowest BCUT2D eigenvalue weighted by Crippen LogP contribution is -2.31. The molecule has 0 spiro atoms. The molecule has 0 radical (unpaired) electrons. The highest BCUT2D eigenvalue weighted by molar-refractivity contribution is 8.04. The van der Waals surface area contributed by atoms with Crippen molar-refractivity contribution in [2.45, 2.75) is 13.5 Å². The molecule has 6 heteroatoms. The van der Waals surface area contributed by atoms with Gasteiger partial charge < -0.3 is 4.74 Å². The molecule has 0 saturated heterocycles. The fourth-order valence-electron chi connectivity index (χ4n) is 2.78. The van der Waals surface area contributed by atoms with Gasteiger partial charge in [0.05, 0.1) is 24.1 Å². The van der Waals surface area contributed by atoms with Crippen LogP contribution in [-0.2, 0) is 16.1 Å². The van der Waals surface area contributed by atoms with E-state index in [4.69, 9.17) is 16.3 Å². The normalized spacial score (nSPS) is 14.3. The summed E-state index contributed by atoms with van der Waals surface area (Å²) in [4.78, 5) is 27.7. The van der Waals surface area contributed by atoms with Crippen LogP contribution in [0.2, 0.25) is 5.02 Å². The van der Waals surface area contributed by atoms with Gasteiger partial charge in [-0.25, -0.2) is 0 Å². The summed E-state index contributed by atoms with van der Waals surface area (Å²) >= 11 is 7.59. The van der Waals surface area contributed by atoms with Crippen LogP contribution in [0.5, 0.6) is 5.75 Å². The second-order valence-corrected chi connectivity index (χ2v) is 7.33. The van der Waals surface area contributed by atoms with Gasteiger partial charge in [0, 0.05) is 5.02 Å². The van der Waals surface area contributed by atoms with Crippen LogP contribution in [0, 0.1) is 0 Å². The van der Waals surface area contributed by atoms with Crippen molar-refractivity contribution in [1.82, 2.24) is 4.90 Å². The molecule has 0 unspecified atom stereocenters. The van der Waals surface area contributed by atoms with Crippen molar-refractivity contribution in [3.63, 3.8) is 0 Å². The zero-order valence-electron chi connectivity index (χ0n) is 14.5. The predicted octanol–water partition coefficient (Wildman–Crippen LogP) is 4.38. The van der Waals surface area contributed by atoms with Gasteiger partial charge in [-0.15, -0.1) is 11.8 Å². The van der Waals surface area contributed by atoms with Crippen LogP contribution < -0.4 is 4.74 Å². The molecule has 2 aromatic rings. The van der Waals surface area contributed by atoms with Crippen molar-refractivity contribution in [3.05, 3.63) is 69.6 Å². The first-order valence-corrected chi connectivity index (χ1v) is 9.54. The fraction of sp³-hybridized carbons (Fsp3) is 0.200. The molecule has 4 nitrogen and oxygen atoms in total. The summed E-state index contributed by atoms with van der Waals surface area (Å²) in [6, 6.07) is 14.4. The summed E-state index contributed by atoms with van der Waals surface area (Å²) in [7, 11) is 1.59. The lowest BCUT2D eigenvalue weighted by molar-refractivity contribution is -0.137. The highest BCUT2D eigenvalue weighted by Crippen LogP contribution is 2.37. The first-order valence-electron chi connectivity index (χ1n) is 8.18. The molecule has 2 aromatic carbocycles. The van der Waals surface area contributed by atoms with Crippen LogP contribution in [0.15, 0.2) is 53.4 Å². The molecule has 1 aliphatic rings. The monoisotopic (exact) mass is 387 g/mol. The summed E-state index contributed by atoms with van der Waals surface area (Å²) in [6.45, 7) is 2.11. The number of ether oxygens (including phenoxy) is 1. The lowest BCUT2D eigenvalue weighted by Gasteiger charge is -2.16. The maximum Gasteiger partial charge on any atom is 0.268 e. The molecule has 0 atom stereocenters. The van der Waals surface area contributed by atoms with Crippen LogP contribution in [0.1, 0.15) is 18.1 Å². The van der Waals surface area contributed by atoms with Crippen molar-refractivity contribution >= 4 is 40.8 Å². The van der Waals surface area contributed by atoms with E-state index < -0.39 is 0 Å². The molecule has 2 amide bonds. The molecule has 3 rings (SSSR count). The second kappa shape index (κ2) is 7.98. The van der Waals surface area contributed by atoms with Gasteiger partial charge in [0.15, 0.2) is 0 Å².